The molecule has 4 rings (SSSR count). The van der Waals surface area contributed by atoms with E-state index in [1.165, 1.54) is 25.1 Å². The van der Waals surface area contributed by atoms with Crippen molar-refractivity contribution in [3.63, 3.8) is 0 Å². The van der Waals surface area contributed by atoms with Crippen LogP contribution in [0.25, 0.3) is 0 Å². The molecule has 0 aromatic heterocycles. The maximum absolute atomic E-state index is 14.1. The largest absolute Gasteiger partial charge is 0.505 e. The quantitative estimate of drug-likeness (QED) is 0.201. The molecule has 0 heterocycles. The van der Waals surface area contributed by atoms with Crippen LogP contribution in [0.2, 0.25) is 0 Å². The summed E-state index contributed by atoms with van der Waals surface area (Å²) >= 11 is 0. The molecular formula is C30H39N5O10. The number of fused-ring (bicyclic) bond motifs is 3. The van der Waals surface area contributed by atoms with Gasteiger partial charge in [0.15, 0.2) is 34.7 Å². The highest BCUT2D eigenvalue weighted by Crippen LogP contribution is 2.52. The summed E-state index contributed by atoms with van der Waals surface area (Å²) in [4.78, 5) is 95.7. The molecule has 0 bridgehead atoms. The number of carbonyl (C=O) groups is 7. The van der Waals surface area contributed by atoms with Crippen molar-refractivity contribution in [2.24, 2.45) is 29.4 Å². The summed E-state index contributed by atoms with van der Waals surface area (Å²) in [6, 6.07) is 0.209. The standard InChI is InChI=1S/C30H39N5O10/c1-29(2,3)35(28(43)44)11-17(36)32-15-10-16(33(4)5)13-8-12-9-14-21(34(6)7)24(39)20(27(31)42)26(41)30(14,45)25(40)18(12)23(38)19(13)22(15)37/h10,12,14,18,20-21,37,45H,8-9,11H2,1-7H3,(H2,31,42)(H,32,36)(H,43,44)/t12-,14-,18?,20?,21-,30-/m0/s1. The van der Waals surface area contributed by atoms with E-state index in [4.69, 9.17) is 5.73 Å². The number of nitrogens with two attached hydrogens (primary N) is 1. The monoisotopic (exact) mass is 629 g/mol. The van der Waals surface area contributed by atoms with E-state index in [-0.39, 0.29) is 24.1 Å². The summed E-state index contributed by atoms with van der Waals surface area (Å²) in [7, 11) is 6.33. The van der Waals surface area contributed by atoms with Gasteiger partial charge in [-0.3, -0.25) is 38.6 Å². The third-order valence-corrected chi connectivity index (χ3v) is 9.14. The van der Waals surface area contributed by atoms with Crippen LogP contribution in [-0.2, 0) is 30.4 Å². The lowest BCUT2D eigenvalue weighted by molar-refractivity contribution is -0.181. The molecule has 0 radical (unpaired) electrons. The van der Waals surface area contributed by atoms with Crippen LogP contribution >= 0.6 is 0 Å². The highest BCUT2D eigenvalue weighted by molar-refractivity contribution is 6.32. The van der Waals surface area contributed by atoms with Crippen LogP contribution in [0, 0.1) is 23.7 Å². The smallest absolute Gasteiger partial charge is 0.408 e. The van der Waals surface area contributed by atoms with Crippen molar-refractivity contribution in [1.82, 2.24) is 9.80 Å². The van der Waals surface area contributed by atoms with Crippen molar-refractivity contribution in [1.29, 1.82) is 0 Å². The summed E-state index contributed by atoms with van der Waals surface area (Å²) in [5.74, 6) is -12.8. The number of anilines is 2. The number of carboxylic acid groups (broad SMARTS) is 1. The Hall–Kier alpha value is -4.37. The van der Waals surface area contributed by atoms with Crippen LogP contribution in [0.3, 0.4) is 0 Å². The van der Waals surface area contributed by atoms with Gasteiger partial charge < -0.3 is 31.3 Å². The zero-order chi connectivity index (χ0) is 34.1. The van der Waals surface area contributed by atoms with Gasteiger partial charge in [0.1, 0.15) is 12.3 Å². The molecule has 6 N–H and O–H groups in total. The van der Waals surface area contributed by atoms with E-state index in [2.05, 4.69) is 5.32 Å². The van der Waals surface area contributed by atoms with Crippen LogP contribution in [0.15, 0.2) is 6.07 Å². The maximum atomic E-state index is 14.1. The Morgan fingerprint density at radius 3 is 2.16 bits per heavy atom. The molecule has 0 aliphatic heterocycles. The Labute approximate surface area is 259 Å². The molecule has 45 heavy (non-hydrogen) atoms. The van der Waals surface area contributed by atoms with Crippen molar-refractivity contribution in [3.05, 3.63) is 17.2 Å². The van der Waals surface area contributed by atoms with Gasteiger partial charge in [0.25, 0.3) is 0 Å². The van der Waals surface area contributed by atoms with Gasteiger partial charge in [-0.05, 0) is 65.3 Å². The second-order valence-electron chi connectivity index (χ2n) is 13.4. The van der Waals surface area contributed by atoms with Crippen LogP contribution in [-0.4, -0.2) is 118 Å². The average Bonchev–Trinajstić information content (AvgIpc) is 2.89. The fraction of sp³-hybridized carbons (Fsp3) is 0.567. The molecule has 3 aliphatic carbocycles. The van der Waals surface area contributed by atoms with Gasteiger partial charge in [0, 0.05) is 31.2 Å². The van der Waals surface area contributed by atoms with Crippen molar-refractivity contribution in [2.75, 3.05) is 45.0 Å². The minimum absolute atomic E-state index is 0.0396. The number of aliphatic hydroxyl groups is 1. The van der Waals surface area contributed by atoms with Gasteiger partial charge in [0.05, 0.1) is 23.2 Å². The highest BCUT2D eigenvalue weighted by Gasteiger charge is 2.69. The molecule has 2 saturated carbocycles. The van der Waals surface area contributed by atoms with Gasteiger partial charge in [-0.25, -0.2) is 4.79 Å². The number of nitrogens with zero attached hydrogens (tertiary/aromatic N) is 3. The van der Waals surface area contributed by atoms with E-state index in [0.717, 1.165) is 4.90 Å². The number of aromatic hydroxyl groups is 1. The van der Waals surface area contributed by atoms with E-state index in [1.54, 1.807) is 39.8 Å². The second kappa shape index (κ2) is 11.2. The minimum Gasteiger partial charge on any atom is -0.505 e. The molecule has 244 valence electrons. The number of likely N-dealkylation sites (N-methyl/N-ethyl adjacent to an activating group) is 1. The first-order valence-corrected chi connectivity index (χ1v) is 14.4. The van der Waals surface area contributed by atoms with Crippen molar-refractivity contribution in [3.8, 4) is 5.75 Å². The Morgan fingerprint density at radius 2 is 1.67 bits per heavy atom. The number of amides is 3. The first-order chi connectivity index (χ1) is 20.7. The lowest BCUT2D eigenvalue weighted by Gasteiger charge is -2.52. The van der Waals surface area contributed by atoms with Gasteiger partial charge in [-0.2, -0.15) is 0 Å². The molecule has 1 aromatic carbocycles. The fourth-order valence-electron chi connectivity index (χ4n) is 7.07. The van der Waals surface area contributed by atoms with Crippen LogP contribution in [0.5, 0.6) is 5.75 Å². The zero-order valence-corrected chi connectivity index (χ0v) is 26.2. The number of benzene rings is 1. The summed E-state index contributed by atoms with van der Waals surface area (Å²) in [6.45, 7) is 4.21. The number of ketones is 4. The Bertz CT molecular complexity index is 1530. The first-order valence-electron chi connectivity index (χ1n) is 14.4. The molecule has 0 spiro atoms. The topological polar surface area (TPSA) is 228 Å². The molecule has 1 aromatic rings. The third-order valence-electron chi connectivity index (χ3n) is 9.14. The number of phenols is 1. The maximum Gasteiger partial charge on any atom is 0.408 e. The van der Waals surface area contributed by atoms with Crippen molar-refractivity contribution in [2.45, 2.75) is 50.8 Å². The first kappa shape index (κ1) is 33.5. The van der Waals surface area contributed by atoms with E-state index >= 15 is 0 Å². The lowest BCUT2D eigenvalue weighted by Crippen LogP contribution is -2.74. The fourth-order valence-corrected chi connectivity index (χ4v) is 7.07. The molecule has 3 amide bonds. The molecule has 15 heteroatoms. The van der Waals surface area contributed by atoms with Gasteiger partial charge in [-0.1, -0.05) is 0 Å². The molecule has 2 fully saturated rings. The van der Waals surface area contributed by atoms with Crippen LogP contribution in [0.1, 0.15) is 43.1 Å². The molecule has 3 aliphatic rings. The molecule has 0 saturated heterocycles. The number of hydrogen-bond donors (Lipinski definition) is 5. The Balaban J connectivity index is 1.81. The number of rotatable bonds is 6. The van der Waals surface area contributed by atoms with Crippen LogP contribution in [0.4, 0.5) is 16.2 Å². The number of nitrogens with one attached hydrogen (secondary N) is 1. The normalized spacial score (nSPS) is 27.8. The number of primary amides is 1. The SMILES string of the molecule is CN(C)c1cc(NC(=O)CN(C(=O)O)C(C)(C)C)c(O)c2c1C[C@H]1C[C@H]3[C@H](N(C)C)C(=O)C(C(N)=O)C(=O)[C@@]3(O)C(=O)C1C2=O. The van der Waals surface area contributed by atoms with Crippen molar-refractivity contribution < 1.29 is 48.9 Å². The van der Waals surface area contributed by atoms with Crippen molar-refractivity contribution >= 4 is 52.4 Å². The molecular weight excluding hydrogens is 590 g/mol. The van der Waals surface area contributed by atoms with Gasteiger partial charge >= 0.3 is 6.09 Å². The summed E-state index contributed by atoms with van der Waals surface area (Å²) in [5.41, 5.74) is 1.82. The molecule has 6 atom stereocenters. The predicted octanol–water partition coefficient (Wildman–Crippen LogP) is -0.350. The van der Waals surface area contributed by atoms with E-state index < -0.39 is 94.2 Å². The average molecular weight is 630 g/mol. The number of hydrogen-bond acceptors (Lipinski definition) is 11. The number of carbonyl (C=O) groups excluding carboxylic acids is 6. The molecule has 15 nitrogen and oxygen atoms in total. The predicted molar refractivity (Wildman–Crippen MR) is 159 cm³/mol. The van der Waals surface area contributed by atoms with E-state index in [0.29, 0.717) is 11.3 Å². The summed E-state index contributed by atoms with van der Waals surface area (Å²) < 4.78 is 0. The summed E-state index contributed by atoms with van der Waals surface area (Å²) in [5, 5.41) is 35.1. The third kappa shape index (κ3) is 5.23. The summed E-state index contributed by atoms with van der Waals surface area (Å²) in [6.07, 6.45) is -1.41. The molecule has 2 unspecified atom stereocenters. The number of phenolic OH excluding ortho intramolecular Hbond substituents is 1. The van der Waals surface area contributed by atoms with Gasteiger partial charge in [-0.15, -0.1) is 0 Å². The lowest BCUT2D eigenvalue weighted by atomic mass is 9.52. The minimum atomic E-state index is -2.87. The Morgan fingerprint density at radius 1 is 1.07 bits per heavy atom. The zero-order valence-electron chi connectivity index (χ0n) is 26.2. The van der Waals surface area contributed by atoms with Crippen LogP contribution < -0.4 is 16.0 Å². The van der Waals surface area contributed by atoms with E-state index in [9.17, 15) is 48.9 Å². The van der Waals surface area contributed by atoms with E-state index in [1.807, 2.05) is 0 Å². The highest BCUT2D eigenvalue weighted by atomic mass is 16.4. The second-order valence-corrected chi connectivity index (χ2v) is 13.4. The number of Topliss-reactive ketones (excluding diaryl/α,β-unsaturated/α-hetero) is 4. The van der Waals surface area contributed by atoms with Gasteiger partial charge in [0.2, 0.25) is 11.8 Å². The Kier molecular flexibility index (Phi) is 8.35.